The summed E-state index contributed by atoms with van der Waals surface area (Å²) < 4.78 is 86.0. The van der Waals surface area contributed by atoms with Crippen LogP contribution in [0, 0.1) is 0 Å². The summed E-state index contributed by atoms with van der Waals surface area (Å²) in [4.78, 5) is 0. The molecule has 0 aliphatic heterocycles. The number of fused-ring (bicyclic) bond motifs is 9. The lowest BCUT2D eigenvalue weighted by molar-refractivity contribution is 0.669. The van der Waals surface area contributed by atoms with Crippen LogP contribution in [0.25, 0.3) is 98.1 Å². The van der Waals surface area contributed by atoms with E-state index in [0.717, 1.165) is 54.2 Å². The number of hydrogen-bond donors (Lipinski definition) is 0. The second kappa shape index (κ2) is 9.29. The molecule has 0 spiro atoms. The summed E-state index contributed by atoms with van der Waals surface area (Å²) in [6, 6.07) is 30.8. The van der Waals surface area contributed by atoms with Crippen molar-refractivity contribution < 1.29 is 16.8 Å². The molecule has 10 rings (SSSR count). The van der Waals surface area contributed by atoms with Crippen molar-refractivity contribution in [2.45, 2.75) is 0 Å². The summed E-state index contributed by atoms with van der Waals surface area (Å²) in [5, 5.41) is 7.97. The van der Waals surface area contributed by atoms with Crippen molar-refractivity contribution in [1.82, 2.24) is 0 Å². The van der Waals surface area contributed by atoms with Gasteiger partial charge in [-0.25, -0.2) is 0 Å². The zero-order valence-corrected chi connectivity index (χ0v) is 23.7. The predicted molar refractivity (Wildman–Crippen MR) is 192 cm³/mol. The summed E-state index contributed by atoms with van der Waals surface area (Å²) in [5.74, 6) is 0. The van der Waals surface area contributed by atoms with Crippen LogP contribution in [0.5, 0.6) is 0 Å². The SMILES string of the molecule is [2H]c1c([2H])c([2H])c2c(oc3c([2H])c4c([2H])c([2H])c([2H])c([2H])c4c(-c4c5ccccc5c(-c5cccc6c5ccc5ccccc56)c5ccccc45)c32)c1[2H]. The number of furan rings is 1. The van der Waals surface area contributed by atoms with Gasteiger partial charge in [0.1, 0.15) is 11.2 Å². The summed E-state index contributed by atoms with van der Waals surface area (Å²) in [5.41, 5.74) is 2.68. The monoisotopic (exact) mass is 579 g/mol. The Labute approximate surface area is 272 Å². The molecule has 1 heteroatoms. The van der Waals surface area contributed by atoms with Gasteiger partial charge in [-0.1, -0.05) is 145 Å². The van der Waals surface area contributed by atoms with Crippen LogP contribution < -0.4 is 0 Å². The van der Waals surface area contributed by atoms with Crippen LogP contribution in [0.15, 0.2) is 162 Å². The molecule has 1 nitrogen and oxygen atoms in total. The summed E-state index contributed by atoms with van der Waals surface area (Å²) in [6.45, 7) is 0. The molecule has 0 amide bonds. The third-order valence-electron chi connectivity index (χ3n) is 9.00. The van der Waals surface area contributed by atoms with Crippen molar-refractivity contribution in [3.8, 4) is 22.3 Å². The third-order valence-corrected chi connectivity index (χ3v) is 9.00. The van der Waals surface area contributed by atoms with E-state index in [-0.39, 0.29) is 50.8 Å². The van der Waals surface area contributed by atoms with Gasteiger partial charge in [-0.2, -0.15) is 0 Å². The topological polar surface area (TPSA) is 13.1 Å². The minimum absolute atomic E-state index is 0.0481. The summed E-state index contributed by atoms with van der Waals surface area (Å²) in [6.07, 6.45) is 0. The van der Waals surface area contributed by atoms with Gasteiger partial charge < -0.3 is 4.42 Å². The van der Waals surface area contributed by atoms with Gasteiger partial charge in [-0.05, 0) is 82.6 Å². The molecule has 1 aromatic heterocycles. The Morgan fingerprint density at radius 1 is 0.378 bits per heavy atom. The van der Waals surface area contributed by atoms with Gasteiger partial charge in [0.25, 0.3) is 0 Å². The highest BCUT2D eigenvalue weighted by molar-refractivity contribution is 6.31. The van der Waals surface area contributed by atoms with Gasteiger partial charge in [0, 0.05) is 16.3 Å². The highest BCUT2D eigenvalue weighted by Gasteiger charge is 2.23. The Balaban J connectivity index is 1.49. The number of rotatable bonds is 2. The largest absolute Gasteiger partial charge is 0.456 e. The Morgan fingerprint density at radius 2 is 1.00 bits per heavy atom. The van der Waals surface area contributed by atoms with E-state index < -0.39 is 36.3 Å². The van der Waals surface area contributed by atoms with Crippen LogP contribution in [0.2, 0.25) is 0 Å². The molecule has 0 radical (unpaired) electrons. The Bertz CT molecular complexity index is 3270. The molecule has 45 heavy (non-hydrogen) atoms. The molecular formula is C44H26O. The van der Waals surface area contributed by atoms with E-state index in [9.17, 15) is 2.74 Å². The average molecular weight is 580 g/mol. The molecule has 0 aliphatic carbocycles. The van der Waals surface area contributed by atoms with Gasteiger partial charge in [-0.3, -0.25) is 0 Å². The van der Waals surface area contributed by atoms with E-state index in [1.807, 2.05) is 60.7 Å². The second-order valence-corrected chi connectivity index (χ2v) is 11.3. The van der Waals surface area contributed by atoms with Crippen molar-refractivity contribution in [3.63, 3.8) is 0 Å². The quantitative estimate of drug-likeness (QED) is 0.147. The molecule has 0 saturated carbocycles. The third kappa shape index (κ3) is 3.44. The van der Waals surface area contributed by atoms with E-state index >= 15 is 0 Å². The molecule has 9 aromatic carbocycles. The lowest BCUT2D eigenvalue weighted by atomic mass is 9.82. The van der Waals surface area contributed by atoms with E-state index in [0.29, 0.717) is 11.1 Å². The normalized spacial score (nSPS) is 14.8. The molecule has 0 saturated heterocycles. The maximum absolute atomic E-state index is 9.33. The van der Waals surface area contributed by atoms with Gasteiger partial charge in [0.2, 0.25) is 0 Å². The van der Waals surface area contributed by atoms with E-state index in [1.165, 1.54) is 0 Å². The smallest absolute Gasteiger partial charge is 0.136 e. The highest BCUT2D eigenvalue weighted by Crippen LogP contribution is 2.50. The first kappa shape index (κ1) is 17.4. The highest BCUT2D eigenvalue weighted by atomic mass is 16.3. The lowest BCUT2D eigenvalue weighted by Crippen LogP contribution is -1.93. The molecule has 208 valence electrons. The van der Waals surface area contributed by atoms with E-state index in [1.54, 1.807) is 0 Å². The molecule has 0 atom stereocenters. The summed E-state index contributed by atoms with van der Waals surface area (Å²) >= 11 is 0. The second-order valence-electron chi connectivity index (χ2n) is 11.3. The number of hydrogen-bond acceptors (Lipinski definition) is 1. The van der Waals surface area contributed by atoms with Gasteiger partial charge >= 0.3 is 0 Å². The van der Waals surface area contributed by atoms with Crippen LogP contribution >= 0.6 is 0 Å². The van der Waals surface area contributed by atoms with Crippen molar-refractivity contribution in [3.05, 3.63) is 158 Å². The van der Waals surface area contributed by atoms with Crippen molar-refractivity contribution >= 4 is 75.8 Å². The van der Waals surface area contributed by atoms with Crippen molar-refractivity contribution in [2.75, 3.05) is 0 Å². The molecule has 0 N–H and O–H groups in total. The number of para-hydroxylation sites is 1. The van der Waals surface area contributed by atoms with Gasteiger partial charge in [0.05, 0.1) is 12.3 Å². The molecule has 0 unspecified atom stereocenters. The van der Waals surface area contributed by atoms with Crippen LogP contribution in [-0.4, -0.2) is 0 Å². The first-order valence-electron chi connectivity index (χ1n) is 19.3. The molecule has 1 heterocycles. The standard InChI is InChI=1S/C44H26O/c1-3-14-29-27(12-1)24-25-32-31(29)21-11-22-33(32)41-34-16-5-7-18-36(34)42(37-19-8-6-17-35(37)41)44-30-15-4-2-13-28(30)26-40-43(44)38-20-9-10-23-39(38)45-40/h1-26H/i2D,4D,9D,10D,13D,15D,20D,23D,26D. The molecule has 0 bridgehead atoms. The van der Waals surface area contributed by atoms with Crippen LogP contribution in [0.1, 0.15) is 12.3 Å². The van der Waals surface area contributed by atoms with Crippen molar-refractivity contribution in [2.24, 2.45) is 0 Å². The maximum atomic E-state index is 9.33. The minimum Gasteiger partial charge on any atom is -0.456 e. The molecular weight excluding hydrogens is 544 g/mol. The Hall–Kier alpha value is -5.92. The minimum atomic E-state index is -0.500. The fraction of sp³-hybridized carbons (Fsp3) is 0. The fourth-order valence-corrected chi connectivity index (χ4v) is 7.18. The van der Waals surface area contributed by atoms with E-state index in [4.69, 9.17) is 14.0 Å². The van der Waals surface area contributed by atoms with E-state index in [2.05, 4.69) is 42.5 Å². The predicted octanol–water partition coefficient (Wildman–Crippen LogP) is 12.7. The van der Waals surface area contributed by atoms with Crippen molar-refractivity contribution in [1.29, 1.82) is 0 Å². The number of benzene rings is 9. The Morgan fingerprint density at radius 3 is 1.78 bits per heavy atom. The average Bonchev–Trinajstić information content (AvgIpc) is 3.61. The fourth-order valence-electron chi connectivity index (χ4n) is 7.18. The zero-order chi connectivity index (χ0) is 37.3. The first-order chi connectivity index (χ1) is 26.1. The molecule has 10 aromatic rings. The summed E-state index contributed by atoms with van der Waals surface area (Å²) in [7, 11) is 0. The molecule has 0 aliphatic rings. The van der Waals surface area contributed by atoms with Crippen LogP contribution in [0.4, 0.5) is 0 Å². The lowest BCUT2D eigenvalue weighted by Gasteiger charge is -2.20. The van der Waals surface area contributed by atoms with Gasteiger partial charge in [-0.15, -0.1) is 0 Å². The Kier molecular flexibility index (Phi) is 3.59. The first-order valence-corrected chi connectivity index (χ1v) is 14.8. The van der Waals surface area contributed by atoms with Gasteiger partial charge in [0.15, 0.2) is 0 Å². The zero-order valence-electron chi connectivity index (χ0n) is 32.7. The maximum Gasteiger partial charge on any atom is 0.136 e. The molecule has 0 fully saturated rings. The van der Waals surface area contributed by atoms with Crippen LogP contribution in [-0.2, 0) is 0 Å². The van der Waals surface area contributed by atoms with Crippen LogP contribution in [0.3, 0.4) is 0 Å².